The molecule has 0 saturated carbocycles. The first-order valence-electron chi connectivity index (χ1n) is 7.72. The quantitative estimate of drug-likeness (QED) is 0.881. The topological polar surface area (TPSA) is 96.8 Å². The summed E-state index contributed by atoms with van der Waals surface area (Å²) in [5.74, 6) is 0.267. The lowest BCUT2D eigenvalue weighted by molar-refractivity contribution is 0.0627. The second-order valence-electron chi connectivity index (χ2n) is 6.33. The molecule has 0 radical (unpaired) electrons. The summed E-state index contributed by atoms with van der Waals surface area (Å²) in [5, 5.41) is 0. The molecule has 8 heteroatoms. The van der Waals surface area contributed by atoms with E-state index in [0.717, 1.165) is 17.1 Å². The normalized spacial score (nSPS) is 20.8. The minimum Gasteiger partial charge on any atom is -0.455 e. The summed E-state index contributed by atoms with van der Waals surface area (Å²) in [7, 11) is -0.735. The van der Waals surface area contributed by atoms with Crippen molar-refractivity contribution in [1.82, 2.24) is 9.21 Å². The summed E-state index contributed by atoms with van der Waals surface area (Å²) in [6.07, 6.45) is 1.89. The van der Waals surface area contributed by atoms with Gasteiger partial charge in [-0.25, -0.2) is 12.7 Å². The SMILES string of the molecule is Cc1oc(C(=O)N2CCCC(C(C)N)C2)cc1S(=O)(=O)N(C)C. The number of hydrogen-bond acceptors (Lipinski definition) is 5. The van der Waals surface area contributed by atoms with Gasteiger partial charge in [0.25, 0.3) is 5.91 Å². The van der Waals surface area contributed by atoms with E-state index in [9.17, 15) is 13.2 Å². The molecule has 2 heterocycles. The lowest BCUT2D eigenvalue weighted by Crippen LogP contribution is -2.45. The van der Waals surface area contributed by atoms with E-state index < -0.39 is 10.0 Å². The maximum Gasteiger partial charge on any atom is 0.289 e. The van der Waals surface area contributed by atoms with Crippen molar-refractivity contribution >= 4 is 15.9 Å². The maximum atomic E-state index is 12.6. The highest BCUT2D eigenvalue weighted by Crippen LogP contribution is 2.25. The number of sulfonamides is 1. The van der Waals surface area contributed by atoms with Gasteiger partial charge in [0.15, 0.2) is 5.76 Å². The average molecular weight is 343 g/mol. The molecule has 1 saturated heterocycles. The van der Waals surface area contributed by atoms with Crippen LogP contribution in [0.5, 0.6) is 0 Å². The van der Waals surface area contributed by atoms with Crippen molar-refractivity contribution in [2.75, 3.05) is 27.2 Å². The van der Waals surface area contributed by atoms with Crippen LogP contribution in [0.3, 0.4) is 0 Å². The van der Waals surface area contributed by atoms with E-state index in [1.807, 2.05) is 6.92 Å². The molecule has 2 rings (SSSR count). The Labute approximate surface area is 137 Å². The van der Waals surface area contributed by atoms with Crippen molar-refractivity contribution in [2.45, 2.75) is 37.6 Å². The summed E-state index contributed by atoms with van der Waals surface area (Å²) in [5.41, 5.74) is 5.94. The van der Waals surface area contributed by atoms with Crippen molar-refractivity contribution in [2.24, 2.45) is 11.7 Å². The summed E-state index contributed by atoms with van der Waals surface area (Å²) >= 11 is 0. The monoisotopic (exact) mass is 343 g/mol. The molecule has 2 atom stereocenters. The smallest absolute Gasteiger partial charge is 0.289 e. The van der Waals surface area contributed by atoms with Crippen LogP contribution in [-0.2, 0) is 10.0 Å². The highest BCUT2D eigenvalue weighted by atomic mass is 32.2. The molecule has 23 heavy (non-hydrogen) atoms. The van der Waals surface area contributed by atoms with E-state index in [4.69, 9.17) is 10.2 Å². The molecule has 0 aliphatic carbocycles. The Morgan fingerprint density at radius 2 is 2.13 bits per heavy atom. The van der Waals surface area contributed by atoms with Gasteiger partial charge in [0.1, 0.15) is 10.7 Å². The first kappa shape index (κ1) is 18.0. The fourth-order valence-electron chi connectivity index (χ4n) is 2.80. The Morgan fingerprint density at radius 1 is 1.48 bits per heavy atom. The summed E-state index contributed by atoms with van der Waals surface area (Å²) in [6, 6.07) is 1.34. The number of hydrogen-bond donors (Lipinski definition) is 1. The number of rotatable bonds is 4. The average Bonchev–Trinajstić information content (AvgIpc) is 2.89. The van der Waals surface area contributed by atoms with Gasteiger partial charge in [-0.15, -0.1) is 0 Å². The first-order chi connectivity index (χ1) is 10.6. The van der Waals surface area contributed by atoms with Gasteiger partial charge in [0.2, 0.25) is 10.0 Å². The molecule has 1 fully saturated rings. The Hall–Kier alpha value is -1.38. The Morgan fingerprint density at radius 3 is 2.70 bits per heavy atom. The van der Waals surface area contributed by atoms with E-state index in [-0.39, 0.29) is 34.3 Å². The molecule has 1 aromatic rings. The molecule has 0 aromatic carbocycles. The molecule has 2 unspecified atom stereocenters. The lowest BCUT2D eigenvalue weighted by Gasteiger charge is -2.34. The van der Waals surface area contributed by atoms with Gasteiger partial charge in [-0.2, -0.15) is 0 Å². The third-order valence-electron chi connectivity index (χ3n) is 4.33. The Kier molecular flexibility index (Phi) is 5.17. The third-order valence-corrected chi connectivity index (χ3v) is 6.25. The van der Waals surface area contributed by atoms with E-state index in [1.54, 1.807) is 11.8 Å². The highest BCUT2D eigenvalue weighted by molar-refractivity contribution is 7.89. The van der Waals surface area contributed by atoms with Crippen LogP contribution < -0.4 is 5.73 Å². The number of nitrogens with two attached hydrogens (primary N) is 1. The van der Waals surface area contributed by atoms with Gasteiger partial charge in [-0.3, -0.25) is 4.79 Å². The number of carbonyl (C=O) groups excluding carboxylic acids is 1. The van der Waals surface area contributed by atoms with Crippen molar-refractivity contribution in [1.29, 1.82) is 0 Å². The zero-order valence-electron chi connectivity index (χ0n) is 14.1. The largest absolute Gasteiger partial charge is 0.455 e. The van der Waals surface area contributed by atoms with Gasteiger partial charge >= 0.3 is 0 Å². The van der Waals surface area contributed by atoms with Crippen LogP contribution in [0, 0.1) is 12.8 Å². The Bertz CT molecular complexity index is 679. The van der Waals surface area contributed by atoms with E-state index in [1.165, 1.54) is 20.2 Å². The number of aryl methyl sites for hydroxylation is 1. The summed E-state index contributed by atoms with van der Waals surface area (Å²) < 4.78 is 31.0. The molecule has 1 aliphatic rings. The molecule has 0 bridgehead atoms. The molecule has 130 valence electrons. The molecular weight excluding hydrogens is 318 g/mol. The lowest BCUT2D eigenvalue weighted by atomic mass is 9.92. The predicted molar refractivity (Wildman–Crippen MR) is 86.6 cm³/mol. The van der Waals surface area contributed by atoms with Crippen LogP contribution in [0.15, 0.2) is 15.4 Å². The second kappa shape index (κ2) is 6.62. The van der Waals surface area contributed by atoms with E-state index in [0.29, 0.717) is 13.1 Å². The van der Waals surface area contributed by atoms with Gasteiger partial charge in [-0.1, -0.05) is 0 Å². The first-order valence-corrected chi connectivity index (χ1v) is 9.16. The van der Waals surface area contributed by atoms with Crippen LogP contribution in [0.25, 0.3) is 0 Å². The number of furan rings is 1. The van der Waals surface area contributed by atoms with Gasteiger partial charge in [0, 0.05) is 39.3 Å². The van der Waals surface area contributed by atoms with Crippen molar-refractivity contribution < 1.29 is 17.6 Å². The van der Waals surface area contributed by atoms with Crippen LogP contribution in [0.2, 0.25) is 0 Å². The zero-order valence-corrected chi connectivity index (χ0v) is 14.9. The molecule has 1 amide bonds. The molecule has 7 nitrogen and oxygen atoms in total. The zero-order chi connectivity index (χ0) is 17.4. The van der Waals surface area contributed by atoms with Crippen molar-refractivity contribution in [3.63, 3.8) is 0 Å². The van der Waals surface area contributed by atoms with Gasteiger partial charge in [-0.05, 0) is 32.6 Å². The number of piperidine rings is 1. The highest BCUT2D eigenvalue weighted by Gasteiger charge is 2.31. The van der Waals surface area contributed by atoms with Gasteiger partial charge < -0.3 is 15.1 Å². The fraction of sp³-hybridized carbons (Fsp3) is 0.667. The molecule has 1 aromatic heterocycles. The van der Waals surface area contributed by atoms with Crippen molar-refractivity contribution in [3.05, 3.63) is 17.6 Å². The van der Waals surface area contributed by atoms with E-state index >= 15 is 0 Å². The Balaban J connectivity index is 2.24. The number of carbonyl (C=O) groups is 1. The predicted octanol–water partition coefficient (Wildman–Crippen LogP) is 1.04. The maximum absolute atomic E-state index is 12.6. The minimum atomic E-state index is -3.63. The fourth-order valence-corrected chi connectivity index (χ4v) is 3.86. The third kappa shape index (κ3) is 3.59. The van der Waals surface area contributed by atoms with Crippen LogP contribution >= 0.6 is 0 Å². The van der Waals surface area contributed by atoms with Crippen LogP contribution in [-0.4, -0.2) is 56.8 Å². The van der Waals surface area contributed by atoms with Crippen molar-refractivity contribution in [3.8, 4) is 0 Å². The minimum absolute atomic E-state index is 0.0219. The van der Waals surface area contributed by atoms with Crippen LogP contribution in [0.1, 0.15) is 36.1 Å². The number of amides is 1. The summed E-state index contributed by atoms with van der Waals surface area (Å²) in [6.45, 7) is 4.70. The van der Waals surface area contributed by atoms with Gasteiger partial charge in [0.05, 0.1) is 0 Å². The second-order valence-corrected chi connectivity index (χ2v) is 8.45. The summed E-state index contributed by atoms with van der Waals surface area (Å²) in [4.78, 5) is 14.3. The molecule has 1 aliphatic heterocycles. The standard InChI is InChI=1S/C15H25N3O4S/c1-10(16)12-6-5-7-18(9-12)15(19)13-8-14(11(2)22-13)23(20,21)17(3)4/h8,10,12H,5-7,9,16H2,1-4H3. The van der Waals surface area contributed by atoms with Crippen LogP contribution in [0.4, 0.5) is 0 Å². The molecule has 2 N–H and O–H groups in total. The number of nitrogens with zero attached hydrogens (tertiary/aromatic N) is 2. The number of likely N-dealkylation sites (tertiary alicyclic amines) is 1. The van der Waals surface area contributed by atoms with E-state index in [2.05, 4.69) is 0 Å². The molecule has 0 spiro atoms. The molecular formula is C15H25N3O4S.